The van der Waals surface area contributed by atoms with Gasteiger partial charge in [-0.3, -0.25) is 14.2 Å². The zero-order valence-electron chi connectivity index (χ0n) is 10.2. The monoisotopic (exact) mass is 267 g/mol. The van der Waals surface area contributed by atoms with Gasteiger partial charge in [0.05, 0.1) is 10.7 Å². The Balaban J connectivity index is 1.85. The molecule has 0 radical (unpaired) electrons. The number of hydrogen-bond acceptors (Lipinski definition) is 3. The zero-order valence-corrected chi connectivity index (χ0v) is 11.0. The molecule has 0 fully saturated rings. The Morgan fingerprint density at radius 2 is 2.28 bits per heavy atom. The van der Waals surface area contributed by atoms with Crippen molar-refractivity contribution in [3.8, 4) is 0 Å². The van der Waals surface area contributed by atoms with Crippen LogP contribution in [-0.2, 0) is 18.4 Å². The predicted molar refractivity (Wildman–Crippen MR) is 68.4 cm³/mol. The van der Waals surface area contributed by atoms with Gasteiger partial charge >= 0.3 is 0 Å². The smallest absolute Gasteiger partial charge is 0.227 e. The molecule has 7 heteroatoms. The molecule has 0 aliphatic rings. The minimum absolute atomic E-state index is 0.0991. The van der Waals surface area contributed by atoms with E-state index in [9.17, 15) is 4.79 Å². The molecule has 0 aliphatic carbocycles. The summed E-state index contributed by atoms with van der Waals surface area (Å²) in [6.07, 6.45) is 3.81. The standard InChI is InChI=1S/C11H14ClN5O/c1-8-9(12)7-17(14-8)6-4-11(18)13-10-3-5-16(2)15-10/h3,5,7H,4,6H2,1-2H3,(H,13,15,18). The van der Waals surface area contributed by atoms with Gasteiger partial charge in [0, 0.05) is 38.5 Å². The molecule has 2 aromatic heterocycles. The van der Waals surface area contributed by atoms with E-state index in [0.717, 1.165) is 5.69 Å². The van der Waals surface area contributed by atoms with E-state index in [0.29, 0.717) is 23.8 Å². The number of nitrogens with zero attached hydrogens (tertiary/aromatic N) is 4. The Labute approximate surface area is 110 Å². The number of amides is 1. The highest BCUT2D eigenvalue weighted by atomic mass is 35.5. The summed E-state index contributed by atoms with van der Waals surface area (Å²) in [7, 11) is 1.80. The summed E-state index contributed by atoms with van der Waals surface area (Å²) in [5, 5.41) is 11.6. The van der Waals surface area contributed by atoms with Crippen LogP contribution in [0.2, 0.25) is 5.02 Å². The van der Waals surface area contributed by atoms with Gasteiger partial charge in [-0.1, -0.05) is 11.6 Å². The topological polar surface area (TPSA) is 64.7 Å². The van der Waals surface area contributed by atoms with Gasteiger partial charge in [-0.05, 0) is 6.92 Å². The lowest BCUT2D eigenvalue weighted by molar-refractivity contribution is -0.116. The molecule has 0 unspecified atom stereocenters. The molecular formula is C11H14ClN5O. The molecule has 0 saturated carbocycles. The molecule has 1 N–H and O–H groups in total. The van der Waals surface area contributed by atoms with Crippen molar-refractivity contribution < 1.29 is 4.79 Å². The molecule has 6 nitrogen and oxygen atoms in total. The molecule has 0 atom stereocenters. The van der Waals surface area contributed by atoms with Crippen LogP contribution in [0.5, 0.6) is 0 Å². The molecule has 1 amide bonds. The van der Waals surface area contributed by atoms with Gasteiger partial charge in [0.25, 0.3) is 0 Å². The van der Waals surface area contributed by atoms with Gasteiger partial charge in [0.2, 0.25) is 5.91 Å². The van der Waals surface area contributed by atoms with Crippen LogP contribution in [0.15, 0.2) is 18.5 Å². The number of aromatic nitrogens is 4. The van der Waals surface area contributed by atoms with Crippen molar-refractivity contribution >= 4 is 23.3 Å². The van der Waals surface area contributed by atoms with Crippen LogP contribution in [-0.4, -0.2) is 25.5 Å². The first-order valence-corrected chi connectivity index (χ1v) is 5.91. The van der Waals surface area contributed by atoms with E-state index < -0.39 is 0 Å². The molecule has 96 valence electrons. The van der Waals surface area contributed by atoms with Crippen LogP contribution < -0.4 is 5.32 Å². The highest BCUT2D eigenvalue weighted by Gasteiger charge is 2.06. The Kier molecular flexibility index (Phi) is 3.66. The highest BCUT2D eigenvalue weighted by molar-refractivity contribution is 6.31. The first kappa shape index (κ1) is 12.6. The third-order valence-electron chi connectivity index (χ3n) is 2.44. The van der Waals surface area contributed by atoms with Crippen LogP contribution in [0, 0.1) is 6.92 Å². The second-order valence-electron chi connectivity index (χ2n) is 4.00. The maximum atomic E-state index is 11.7. The lowest BCUT2D eigenvalue weighted by Crippen LogP contribution is -2.15. The van der Waals surface area contributed by atoms with Crippen molar-refractivity contribution in [1.82, 2.24) is 19.6 Å². The van der Waals surface area contributed by atoms with Crippen molar-refractivity contribution in [3.05, 3.63) is 29.2 Å². The zero-order chi connectivity index (χ0) is 13.1. The number of nitrogens with one attached hydrogen (secondary N) is 1. The van der Waals surface area contributed by atoms with E-state index in [-0.39, 0.29) is 5.91 Å². The number of halogens is 1. The van der Waals surface area contributed by atoms with Crippen molar-refractivity contribution in [2.24, 2.45) is 7.05 Å². The number of hydrogen-bond donors (Lipinski definition) is 1. The van der Waals surface area contributed by atoms with E-state index >= 15 is 0 Å². The fourth-order valence-electron chi connectivity index (χ4n) is 1.51. The second kappa shape index (κ2) is 5.22. The van der Waals surface area contributed by atoms with Crippen LogP contribution >= 0.6 is 11.6 Å². The molecule has 18 heavy (non-hydrogen) atoms. The molecule has 0 saturated heterocycles. The number of carbonyl (C=O) groups excluding carboxylic acids is 1. The van der Waals surface area contributed by atoms with E-state index in [2.05, 4.69) is 15.5 Å². The molecule has 0 spiro atoms. The fourth-order valence-corrected chi connectivity index (χ4v) is 1.66. The lowest BCUT2D eigenvalue weighted by atomic mass is 10.4. The molecule has 2 aromatic rings. The van der Waals surface area contributed by atoms with Crippen molar-refractivity contribution in [3.63, 3.8) is 0 Å². The maximum absolute atomic E-state index is 11.7. The number of aryl methyl sites for hydroxylation is 3. The lowest BCUT2D eigenvalue weighted by Gasteiger charge is -2.02. The Morgan fingerprint density at radius 3 is 2.83 bits per heavy atom. The van der Waals surface area contributed by atoms with E-state index in [1.54, 1.807) is 34.9 Å². The van der Waals surface area contributed by atoms with Gasteiger partial charge in [0.1, 0.15) is 0 Å². The van der Waals surface area contributed by atoms with E-state index in [1.165, 1.54) is 0 Å². The first-order valence-electron chi connectivity index (χ1n) is 5.53. The van der Waals surface area contributed by atoms with Gasteiger partial charge in [-0.2, -0.15) is 10.2 Å². The third-order valence-corrected chi connectivity index (χ3v) is 2.81. The number of anilines is 1. The minimum atomic E-state index is -0.0991. The molecule has 0 aromatic carbocycles. The Hall–Kier alpha value is -1.82. The quantitative estimate of drug-likeness (QED) is 0.915. The molecular weight excluding hydrogens is 254 g/mol. The first-order chi connectivity index (χ1) is 8.54. The SMILES string of the molecule is Cc1nn(CCC(=O)Nc2ccn(C)n2)cc1Cl. The normalized spacial score (nSPS) is 10.6. The summed E-state index contributed by atoms with van der Waals surface area (Å²) in [4.78, 5) is 11.7. The van der Waals surface area contributed by atoms with Gasteiger partial charge in [-0.25, -0.2) is 0 Å². The Morgan fingerprint density at radius 1 is 1.50 bits per heavy atom. The van der Waals surface area contributed by atoms with Gasteiger partial charge in [0.15, 0.2) is 5.82 Å². The van der Waals surface area contributed by atoms with Gasteiger partial charge in [-0.15, -0.1) is 0 Å². The van der Waals surface area contributed by atoms with E-state index in [4.69, 9.17) is 11.6 Å². The largest absolute Gasteiger partial charge is 0.309 e. The number of carbonyl (C=O) groups is 1. The van der Waals surface area contributed by atoms with Crippen molar-refractivity contribution in [1.29, 1.82) is 0 Å². The molecule has 0 bridgehead atoms. The maximum Gasteiger partial charge on any atom is 0.227 e. The Bertz CT molecular complexity index is 540. The van der Waals surface area contributed by atoms with Crippen molar-refractivity contribution in [2.45, 2.75) is 19.9 Å². The second-order valence-corrected chi connectivity index (χ2v) is 4.41. The molecule has 2 heterocycles. The summed E-state index contributed by atoms with van der Waals surface area (Å²) >= 11 is 5.88. The third kappa shape index (κ3) is 3.10. The summed E-state index contributed by atoms with van der Waals surface area (Å²) < 4.78 is 3.29. The summed E-state index contributed by atoms with van der Waals surface area (Å²) in [5.41, 5.74) is 0.766. The predicted octanol–water partition coefficient (Wildman–Crippen LogP) is 1.61. The van der Waals surface area contributed by atoms with Crippen LogP contribution in [0.25, 0.3) is 0 Å². The van der Waals surface area contributed by atoms with Crippen LogP contribution in [0.3, 0.4) is 0 Å². The summed E-state index contributed by atoms with van der Waals surface area (Å²) in [5.74, 6) is 0.454. The summed E-state index contributed by atoms with van der Waals surface area (Å²) in [6, 6.07) is 1.74. The summed E-state index contributed by atoms with van der Waals surface area (Å²) in [6.45, 7) is 2.32. The number of rotatable bonds is 4. The average Bonchev–Trinajstić information content (AvgIpc) is 2.84. The highest BCUT2D eigenvalue weighted by Crippen LogP contribution is 2.12. The van der Waals surface area contributed by atoms with E-state index in [1.807, 2.05) is 6.92 Å². The van der Waals surface area contributed by atoms with Gasteiger partial charge < -0.3 is 5.32 Å². The fraction of sp³-hybridized carbons (Fsp3) is 0.364. The van der Waals surface area contributed by atoms with Crippen LogP contribution in [0.4, 0.5) is 5.82 Å². The molecule has 2 rings (SSSR count). The molecule has 0 aliphatic heterocycles. The van der Waals surface area contributed by atoms with Crippen LogP contribution in [0.1, 0.15) is 12.1 Å². The average molecular weight is 268 g/mol. The van der Waals surface area contributed by atoms with Crippen molar-refractivity contribution in [2.75, 3.05) is 5.32 Å². The minimum Gasteiger partial charge on any atom is -0.309 e.